The molecular formula is C35H42N6O6. The fourth-order valence-corrected chi connectivity index (χ4v) is 6.47. The number of hydrogen-bond donors (Lipinski definition) is 1. The first-order valence-electron chi connectivity index (χ1n) is 16.3. The first-order valence-corrected chi connectivity index (χ1v) is 16.3. The summed E-state index contributed by atoms with van der Waals surface area (Å²) >= 11 is 0. The molecule has 2 amide bonds. The second kappa shape index (κ2) is 14.8. The van der Waals surface area contributed by atoms with Crippen molar-refractivity contribution < 1.29 is 28.2 Å². The zero-order valence-electron chi connectivity index (χ0n) is 27.2. The molecule has 47 heavy (non-hydrogen) atoms. The number of benzene rings is 2. The molecule has 6 rings (SSSR count). The van der Waals surface area contributed by atoms with Gasteiger partial charge in [-0.1, -0.05) is 31.4 Å². The van der Waals surface area contributed by atoms with E-state index in [0.29, 0.717) is 59.2 Å². The van der Waals surface area contributed by atoms with Crippen LogP contribution in [0.5, 0.6) is 11.5 Å². The van der Waals surface area contributed by atoms with Gasteiger partial charge in [0.15, 0.2) is 17.5 Å². The largest absolute Gasteiger partial charge is 0.493 e. The number of aromatic nitrogens is 4. The van der Waals surface area contributed by atoms with E-state index in [2.05, 4.69) is 32.9 Å². The molecule has 0 radical (unpaired) electrons. The highest BCUT2D eigenvalue weighted by molar-refractivity contribution is 6.01. The van der Waals surface area contributed by atoms with E-state index in [1.54, 1.807) is 44.6 Å². The predicted molar refractivity (Wildman–Crippen MR) is 174 cm³/mol. The normalized spacial score (nSPS) is 17.3. The smallest absolute Gasteiger partial charge is 0.251 e. The summed E-state index contributed by atoms with van der Waals surface area (Å²) in [6, 6.07) is 15.7. The quantitative estimate of drug-likeness (QED) is 0.216. The van der Waals surface area contributed by atoms with Crippen molar-refractivity contribution in [3.8, 4) is 22.9 Å². The highest BCUT2D eigenvalue weighted by Gasteiger charge is 2.36. The molecular weight excluding hydrogens is 600 g/mol. The van der Waals surface area contributed by atoms with E-state index in [0.717, 1.165) is 25.7 Å². The number of tetrazole rings is 1. The van der Waals surface area contributed by atoms with Crippen molar-refractivity contribution in [1.82, 2.24) is 25.5 Å². The molecule has 1 N–H and O–H groups in total. The molecule has 0 unspecified atom stereocenters. The van der Waals surface area contributed by atoms with Crippen LogP contribution in [0.3, 0.4) is 0 Å². The van der Waals surface area contributed by atoms with Crippen LogP contribution in [0.2, 0.25) is 0 Å². The Morgan fingerprint density at radius 2 is 1.77 bits per heavy atom. The third kappa shape index (κ3) is 7.48. The lowest BCUT2D eigenvalue weighted by atomic mass is 9.84. The van der Waals surface area contributed by atoms with Gasteiger partial charge < -0.3 is 23.9 Å². The number of anilines is 1. The Bertz CT molecular complexity index is 1650. The van der Waals surface area contributed by atoms with Gasteiger partial charge in [0.05, 0.1) is 20.3 Å². The Morgan fingerprint density at radius 3 is 2.45 bits per heavy atom. The number of aryl methyl sites for hydroxylation is 1. The maximum absolute atomic E-state index is 14.3. The lowest BCUT2D eigenvalue weighted by Gasteiger charge is -2.30. The third-order valence-electron chi connectivity index (χ3n) is 8.95. The summed E-state index contributed by atoms with van der Waals surface area (Å²) < 4.78 is 22.5. The number of rotatable bonds is 12. The van der Waals surface area contributed by atoms with Crippen LogP contribution in [-0.4, -0.2) is 65.5 Å². The van der Waals surface area contributed by atoms with Crippen molar-refractivity contribution in [3.63, 3.8) is 0 Å². The number of carbonyl (C=O) groups is 2. The first kappa shape index (κ1) is 32.2. The van der Waals surface area contributed by atoms with Crippen molar-refractivity contribution in [2.45, 2.75) is 76.5 Å². The van der Waals surface area contributed by atoms with Gasteiger partial charge >= 0.3 is 0 Å². The molecule has 12 heteroatoms. The molecule has 248 valence electrons. The Hall–Kier alpha value is -4.71. The SMILES string of the molecule is COc1ccc(-c2nnn(CC(=O)N(c3ccc(C4CCCCC4)cc3)[C@H](C(=O)NC[C@@H]3CCCO3)c3ccc(C)o3)n2)cc1OC. The summed E-state index contributed by atoms with van der Waals surface area (Å²) in [5.41, 5.74) is 2.46. The van der Waals surface area contributed by atoms with Gasteiger partial charge in [0.1, 0.15) is 18.1 Å². The van der Waals surface area contributed by atoms with E-state index in [1.807, 2.05) is 19.1 Å². The second-order valence-electron chi connectivity index (χ2n) is 12.1. The van der Waals surface area contributed by atoms with Crippen LogP contribution in [0.4, 0.5) is 5.69 Å². The monoisotopic (exact) mass is 642 g/mol. The van der Waals surface area contributed by atoms with Crippen molar-refractivity contribution >= 4 is 17.5 Å². The molecule has 2 atom stereocenters. The highest BCUT2D eigenvalue weighted by Crippen LogP contribution is 2.36. The number of amides is 2. The van der Waals surface area contributed by atoms with Crippen LogP contribution < -0.4 is 19.7 Å². The number of carbonyl (C=O) groups excluding carboxylic acids is 2. The number of furan rings is 1. The summed E-state index contributed by atoms with van der Waals surface area (Å²) in [6.45, 7) is 2.57. The third-order valence-corrected chi connectivity index (χ3v) is 8.95. The summed E-state index contributed by atoms with van der Waals surface area (Å²) in [7, 11) is 3.11. The Balaban J connectivity index is 1.31. The fourth-order valence-electron chi connectivity index (χ4n) is 6.47. The molecule has 1 saturated heterocycles. The van der Waals surface area contributed by atoms with E-state index in [1.165, 1.54) is 34.5 Å². The molecule has 2 aliphatic rings. The molecule has 4 aromatic rings. The van der Waals surface area contributed by atoms with E-state index in [4.69, 9.17) is 18.6 Å². The molecule has 3 heterocycles. The van der Waals surface area contributed by atoms with Crippen LogP contribution in [0.25, 0.3) is 11.4 Å². The zero-order valence-corrected chi connectivity index (χ0v) is 27.2. The molecule has 12 nitrogen and oxygen atoms in total. The maximum Gasteiger partial charge on any atom is 0.251 e. The minimum Gasteiger partial charge on any atom is -0.493 e. The van der Waals surface area contributed by atoms with Gasteiger partial charge in [-0.15, -0.1) is 10.2 Å². The molecule has 0 spiro atoms. The van der Waals surface area contributed by atoms with E-state index >= 15 is 0 Å². The topological polar surface area (TPSA) is 134 Å². The zero-order chi connectivity index (χ0) is 32.8. The lowest BCUT2D eigenvalue weighted by molar-refractivity contribution is -0.127. The average molecular weight is 643 g/mol. The molecule has 2 aromatic heterocycles. The number of nitrogens with one attached hydrogen (secondary N) is 1. The molecule has 2 fully saturated rings. The van der Waals surface area contributed by atoms with Crippen LogP contribution in [-0.2, 0) is 20.9 Å². The van der Waals surface area contributed by atoms with Gasteiger partial charge in [-0.2, -0.15) is 4.80 Å². The first-order chi connectivity index (χ1) is 22.9. The minimum atomic E-state index is -1.08. The van der Waals surface area contributed by atoms with Crippen molar-refractivity contribution in [2.75, 3.05) is 32.3 Å². The maximum atomic E-state index is 14.3. The van der Waals surface area contributed by atoms with Gasteiger partial charge in [-0.3, -0.25) is 14.5 Å². The molecule has 1 aliphatic carbocycles. The van der Waals surface area contributed by atoms with Crippen LogP contribution >= 0.6 is 0 Å². The van der Waals surface area contributed by atoms with E-state index < -0.39 is 11.9 Å². The van der Waals surface area contributed by atoms with Crippen LogP contribution in [0.15, 0.2) is 59.0 Å². The summed E-state index contributed by atoms with van der Waals surface area (Å²) in [5, 5.41) is 15.9. The predicted octanol–water partition coefficient (Wildman–Crippen LogP) is 5.38. The molecule has 0 bridgehead atoms. The summed E-state index contributed by atoms with van der Waals surface area (Å²) in [5.74, 6) is 2.12. The average Bonchev–Trinajstić information content (AvgIpc) is 3.89. The standard InChI is InChI=1S/C35H42N6O6/c1-23-11-17-30(47-23)33(35(43)36-21-28-10-7-19-46-28)41(27-15-12-25(13-16-27)24-8-5-4-6-9-24)32(42)22-40-38-34(37-39-40)26-14-18-29(44-2)31(20-26)45-3/h11-18,20,24,28,33H,4-10,19,21-22H2,1-3H3,(H,36,43)/t28-,33-/m0/s1. The van der Waals surface area contributed by atoms with Crippen molar-refractivity contribution in [3.05, 3.63) is 71.7 Å². The Morgan fingerprint density at radius 1 is 0.979 bits per heavy atom. The Kier molecular flexibility index (Phi) is 10.2. The minimum absolute atomic E-state index is 0.0637. The number of ether oxygens (including phenoxy) is 3. The molecule has 2 aromatic carbocycles. The number of nitrogens with zero attached hydrogens (tertiary/aromatic N) is 5. The van der Waals surface area contributed by atoms with Crippen molar-refractivity contribution in [1.29, 1.82) is 0 Å². The fraction of sp³-hybridized carbons (Fsp3) is 0.457. The van der Waals surface area contributed by atoms with Gasteiger partial charge in [0.25, 0.3) is 11.8 Å². The lowest BCUT2D eigenvalue weighted by Crippen LogP contribution is -2.46. The Labute approximate surface area is 274 Å². The summed E-state index contributed by atoms with van der Waals surface area (Å²) in [6.07, 6.45) is 7.78. The van der Waals surface area contributed by atoms with Crippen molar-refractivity contribution in [2.24, 2.45) is 0 Å². The van der Waals surface area contributed by atoms with Crippen LogP contribution in [0.1, 0.15) is 74.0 Å². The molecule has 1 saturated carbocycles. The van der Waals surface area contributed by atoms with E-state index in [9.17, 15) is 9.59 Å². The molecule has 1 aliphatic heterocycles. The summed E-state index contributed by atoms with van der Waals surface area (Å²) in [4.78, 5) is 31.0. The second-order valence-corrected chi connectivity index (χ2v) is 12.1. The van der Waals surface area contributed by atoms with E-state index in [-0.39, 0.29) is 18.6 Å². The van der Waals surface area contributed by atoms with Gasteiger partial charge in [0.2, 0.25) is 5.82 Å². The van der Waals surface area contributed by atoms with Gasteiger partial charge in [0, 0.05) is 24.4 Å². The van der Waals surface area contributed by atoms with Gasteiger partial charge in [-0.05, 0) is 91.8 Å². The van der Waals surface area contributed by atoms with Gasteiger partial charge in [-0.25, -0.2) is 0 Å². The number of hydrogen-bond acceptors (Lipinski definition) is 9. The number of methoxy groups -OCH3 is 2. The van der Waals surface area contributed by atoms with Crippen LogP contribution in [0, 0.1) is 6.92 Å². The highest BCUT2D eigenvalue weighted by atomic mass is 16.5.